The van der Waals surface area contributed by atoms with Crippen molar-refractivity contribution in [3.05, 3.63) is 71.2 Å². The third kappa shape index (κ3) is 2.82. The Bertz CT molecular complexity index is 933. The molecule has 0 fully saturated rings. The predicted octanol–water partition coefficient (Wildman–Crippen LogP) is 2.88. The molecular formula is C20H16O6. The molecule has 0 saturated heterocycles. The van der Waals surface area contributed by atoms with Crippen molar-refractivity contribution >= 4 is 22.7 Å². The van der Waals surface area contributed by atoms with Crippen LogP contribution in [0.15, 0.2) is 60.0 Å². The molecule has 0 radical (unpaired) electrons. The minimum absolute atomic E-state index is 0.00449. The van der Waals surface area contributed by atoms with E-state index in [1.807, 2.05) is 0 Å². The van der Waals surface area contributed by atoms with Crippen LogP contribution in [0.2, 0.25) is 0 Å². The van der Waals surface area contributed by atoms with Gasteiger partial charge in [0.15, 0.2) is 11.5 Å². The Morgan fingerprint density at radius 1 is 0.692 bits per heavy atom. The fourth-order valence-corrected chi connectivity index (χ4v) is 2.78. The molecule has 2 aromatic carbocycles. The smallest absolute Gasteiger partial charge is 0.232 e. The number of carbonyl (C=O) groups is 2. The number of carbonyl (C=O) groups excluding carboxylic acids is 2. The van der Waals surface area contributed by atoms with Crippen LogP contribution in [0.5, 0.6) is 11.5 Å². The molecule has 2 N–H and O–H groups in total. The SMILES string of the molecule is COC1=C(c2ccc(OC)cc2)C(=O)C(O)=C(c2ccc(O)cc2)C1=O. The summed E-state index contributed by atoms with van der Waals surface area (Å²) in [5, 5.41) is 19.8. The van der Waals surface area contributed by atoms with Crippen LogP contribution in [0.25, 0.3) is 11.1 Å². The van der Waals surface area contributed by atoms with Gasteiger partial charge in [-0.25, -0.2) is 0 Å². The van der Waals surface area contributed by atoms with Crippen molar-refractivity contribution in [3.8, 4) is 11.5 Å². The second-order valence-corrected chi connectivity index (χ2v) is 5.57. The van der Waals surface area contributed by atoms with Gasteiger partial charge in [0.25, 0.3) is 0 Å². The highest BCUT2D eigenvalue weighted by molar-refractivity contribution is 6.46. The Labute approximate surface area is 149 Å². The van der Waals surface area contributed by atoms with Crippen LogP contribution in [0.1, 0.15) is 11.1 Å². The summed E-state index contributed by atoms with van der Waals surface area (Å²) >= 11 is 0. The predicted molar refractivity (Wildman–Crippen MR) is 94.6 cm³/mol. The third-order valence-electron chi connectivity index (χ3n) is 4.08. The average molecular weight is 352 g/mol. The van der Waals surface area contributed by atoms with Crippen molar-refractivity contribution in [2.24, 2.45) is 0 Å². The second kappa shape index (κ2) is 6.76. The molecule has 1 aliphatic carbocycles. The van der Waals surface area contributed by atoms with Gasteiger partial charge in [0, 0.05) is 0 Å². The molecule has 0 aliphatic heterocycles. The molecule has 132 valence electrons. The lowest BCUT2D eigenvalue weighted by atomic mass is 9.86. The summed E-state index contributed by atoms with van der Waals surface area (Å²) < 4.78 is 10.3. The van der Waals surface area contributed by atoms with E-state index >= 15 is 0 Å². The van der Waals surface area contributed by atoms with E-state index in [-0.39, 0.29) is 22.7 Å². The van der Waals surface area contributed by atoms with E-state index in [0.717, 1.165) is 0 Å². The molecule has 2 aromatic rings. The number of Topliss-reactive ketones (excluding diaryl/α,β-unsaturated/α-hetero) is 2. The molecule has 26 heavy (non-hydrogen) atoms. The highest BCUT2D eigenvalue weighted by Gasteiger charge is 2.37. The molecule has 6 heteroatoms. The van der Waals surface area contributed by atoms with E-state index in [2.05, 4.69) is 0 Å². The van der Waals surface area contributed by atoms with Crippen LogP contribution < -0.4 is 4.74 Å². The molecule has 0 atom stereocenters. The van der Waals surface area contributed by atoms with Crippen LogP contribution in [0, 0.1) is 0 Å². The Morgan fingerprint density at radius 2 is 1.23 bits per heavy atom. The Morgan fingerprint density at radius 3 is 1.77 bits per heavy atom. The molecule has 1 aliphatic rings. The summed E-state index contributed by atoms with van der Waals surface area (Å²) in [6, 6.07) is 12.1. The van der Waals surface area contributed by atoms with Crippen LogP contribution >= 0.6 is 0 Å². The minimum Gasteiger partial charge on any atom is -0.508 e. The zero-order valence-electron chi connectivity index (χ0n) is 14.1. The second-order valence-electron chi connectivity index (χ2n) is 5.57. The van der Waals surface area contributed by atoms with Crippen molar-refractivity contribution in [1.82, 2.24) is 0 Å². The van der Waals surface area contributed by atoms with Gasteiger partial charge in [-0.05, 0) is 35.4 Å². The Balaban J connectivity index is 2.13. The van der Waals surface area contributed by atoms with E-state index in [4.69, 9.17) is 9.47 Å². The maximum Gasteiger partial charge on any atom is 0.232 e. The molecule has 0 bridgehead atoms. The van der Waals surface area contributed by atoms with Gasteiger partial charge < -0.3 is 19.7 Å². The van der Waals surface area contributed by atoms with Gasteiger partial charge in [-0.15, -0.1) is 0 Å². The maximum absolute atomic E-state index is 12.9. The van der Waals surface area contributed by atoms with Gasteiger partial charge in [-0.1, -0.05) is 24.3 Å². The molecule has 0 heterocycles. The Hall–Kier alpha value is -3.54. The number of aromatic hydroxyl groups is 1. The van der Waals surface area contributed by atoms with Crippen LogP contribution in [-0.2, 0) is 14.3 Å². The maximum atomic E-state index is 12.9. The van der Waals surface area contributed by atoms with E-state index in [9.17, 15) is 19.8 Å². The van der Waals surface area contributed by atoms with Crippen LogP contribution in [-0.4, -0.2) is 36.0 Å². The first-order valence-electron chi connectivity index (χ1n) is 7.72. The molecule has 0 unspecified atom stereocenters. The largest absolute Gasteiger partial charge is 0.508 e. The number of ketones is 2. The standard InChI is InChI=1S/C20H16O6/c1-25-14-9-5-12(6-10-14)16-18(23)17(22)15(19(24)20(16)26-2)11-3-7-13(21)8-4-11/h3-10,21-22H,1-2H3. The van der Waals surface area contributed by atoms with Crippen LogP contribution in [0.4, 0.5) is 0 Å². The van der Waals surface area contributed by atoms with Crippen molar-refractivity contribution in [3.63, 3.8) is 0 Å². The monoisotopic (exact) mass is 352 g/mol. The lowest BCUT2D eigenvalue weighted by Gasteiger charge is -2.20. The summed E-state index contributed by atoms with van der Waals surface area (Å²) in [5.41, 5.74) is 0.559. The minimum atomic E-state index is -0.713. The number of hydrogen-bond donors (Lipinski definition) is 2. The quantitative estimate of drug-likeness (QED) is 0.822. The summed E-state index contributed by atoms with van der Waals surface area (Å²) in [6.07, 6.45) is 0. The molecule has 3 rings (SSSR count). The Kier molecular flexibility index (Phi) is 4.49. The molecular weight excluding hydrogens is 336 g/mol. The molecule has 0 amide bonds. The topological polar surface area (TPSA) is 93.1 Å². The van der Waals surface area contributed by atoms with Gasteiger partial charge in [-0.2, -0.15) is 0 Å². The molecule has 6 nitrogen and oxygen atoms in total. The van der Waals surface area contributed by atoms with Gasteiger partial charge in [0.05, 0.1) is 25.4 Å². The molecule has 0 aromatic heterocycles. The number of ether oxygens (including phenoxy) is 2. The molecule has 0 spiro atoms. The van der Waals surface area contributed by atoms with Crippen molar-refractivity contribution < 1.29 is 29.3 Å². The van der Waals surface area contributed by atoms with Gasteiger partial charge in [-0.3, -0.25) is 9.59 Å². The lowest BCUT2D eigenvalue weighted by molar-refractivity contribution is -0.117. The number of benzene rings is 2. The van der Waals surface area contributed by atoms with E-state index < -0.39 is 17.3 Å². The number of aliphatic hydroxyl groups excluding tert-OH is 1. The lowest BCUT2D eigenvalue weighted by Crippen LogP contribution is -2.23. The van der Waals surface area contributed by atoms with Crippen molar-refractivity contribution in [2.75, 3.05) is 14.2 Å². The fourth-order valence-electron chi connectivity index (χ4n) is 2.78. The number of rotatable bonds is 4. The summed E-state index contributed by atoms with van der Waals surface area (Å²) in [6.45, 7) is 0. The third-order valence-corrected chi connectivity index (χ3v) is 4.08. The number of aliphatic hydroxyl groups is 1. The van der Waals surface area contributed by atoms with E-state index in [0.29, 0.717) is 16.9 Å². The summed E-state index contributed by atoms with van der Waals surface area (Å²) in [4.78, 5) is 25.6. The first-order valence-corrected chi connectivity index (χ1v) is 7.72. The zero-order chi connectivity index (χ0) is 18.8. The average Bonchev–Trinajstić information content (AvgIpc) is 2.66. The van der Waals surface area contributed by atoms with Gasteiger partial charge >= 0.3 is 0 Å². The first kappa shape index (κ1) is 17.3. The summed E-state index contributed by atoms with van der Waals surface area (Å²) in [7, 11) is 2.81. The zero-order valence-corrected chi connectivity index (χ0v) is 14.1. The normalized spacial score (nSPS) is 14.7. The van der Waals surface area contributed by atoms with Crippen molar-refractivity contribution in [1.29, 1.82) is 0 Å². The molecule has 0 saturated carbocycles. The number of phenols is 1. The van der Waals surface area contributed by atoms with Crippen molar-refractivity contribution in [2.45, 2.75) is 0 Å². The summed E-state index contributed by atoms with van der Waals surface area (Å²) in [5.74, 6) is -1.54. The highest BCUT2D eigenvalue weighted by Crippen LogP contribution is 2.36. The van der Waals surface area contributed by atoms with Crippen LogP contribution in [0.3, 0.4) is 0 Å². The van der Waals surface area contributed by atoms with Gasteiger partial charge in [0.1, 0.15) is 11.5 Å². The number of allylic oxidation sites excluding steroid dienone is 2. The van der Waals surface area contributed by atoms with Gasteiger partial charge in [0.2, 0.25) is 11.6 Å². The highest BCUT2D eigenvalue weighted by atomic mass is 16.5. The number of phenolic OH excluding ortho intramolecular Hbond substituents is 1. The van der Waals surface area contributed by atoms with E-state index in [1.165, 1.54) is 38.5 Å². The number of methoxy groups -OCH3 is 2. The fraction of sp³-hybridized carbons (Fsp3) is 0.100. The van der Waals surface area contributed by atoms with E-state index in [1.54, 1.807) is 24.3 Å². The first-order chi connectivity index (χ1) is 12.5. The number of hydrogen-bond acceptors (Lipinski definition) is 6.